The van der Waals surface area contributed by atoms with Gasteiger partial charge in [-0.05, 0) is 38.5 Å². The molecule has 1 amide bonds. The Hall–Kier alpha value is -3.01. The van der Waals surface area contributed by atoms with Crippen molar-refractivity contribution in [1.82, 2.24) is 9.80 Å². The number of amides is 1. The number of halogens is 2. The molecule has 0 aliphatic carbocycles. The summed E-state index contributed by atoms with van der Waals surface area (Å²) in [6.07, 6.45) is 4.44. The first-order valence-electron chi connectivity index (χ1n) is 11.7. The molecule has 10 heteroatoms. The molecule has 1 aromatic rings. The molecule has 3 aliphatic rings. The molecule has 1 saturated heterocycles. The van der Waals surface area contributed by atoms with E-state index in [0.29, 0.717) is 38.4 Å². The van der Waals surface area contributed by atoms with Gasteiger partial charge in [-0.2, -0.15) is 0 Å². The number of piperazine rings is 1. The highest BCUT2D eigenvalue weighted by atomic mass is 79.9. The number of allylic oxidation sites excluding steroid dienone is 1. The summed E-state index contributed by atoms with van der Waals surface area (Å²) in [6.45, 7) is 7.82. The third-order valence-electron chi connectivity index (χ3n) is 5.64. The fourth-order valence-electron chi connectivity index (χ4n) is 3.94. The molecule has 1 aromatic carbocycles. The molecule has 188 valence electrons. The number of esters is 1. The third-order valence-corrected chi connectivity index (χ3v) is 6.13. The second-order valence-corrected chi connectivity index (χ2v) is 8.78. The second-order valence-electron chi connectivity index (χ2n) is 7.87. The number of ether oxygens (including phenoxy) is 2. The Balaban J connectivity index is 0.000000363. The molecule has 4 rings (SSSR count). The molecule has 0 saturated carbocycles. The number of fused-ring (bicyclic) bond motifs is 1. The van der Waals surface area contributed by atoms with Gasteiger partial charge in [0.15, 0.2) is 5.84 Å². The first-order chi connectivity index (χ1) is 16.9. The van der Waals surface area contributed by atoms with Gasteiger partial charge in [-0.3, -0.25) is 9.98 Å². The molecular weight excluding hydrogens is 519 g/mol. The van der Waals surface area contributed by atoms with E-state index in [1.165, 1.54) is 12.1 Å². The summed E-state index contributed by atoms with van der Waals surface area (Å²) in [4.78, 5) is 37.4. The third kappa shape index (κ3) is 6.56. The lowest BCUT2D eigenvalue weighted by atomic mass is 9.98. The van der Waals surface area contributed by atoms with Crippen LogP contribution >= 0.6 is 15.9 Å². The number of hydrogen-bond acceptors (Lipinski definition) is 7. The maximum absolute atomic E-state index is 12.5. The molecule has 1 fully saturated rings. The monoisotopic (exact) mass is 548 g/mol. The highest BCUT2D eigenvalue weighted by molar-refractivity contribution is 9.10. The Kier molecular flexibility index (Phi) is 9.59. The SMILES string of the molecule is CCOC(=O)C1=C2CN(C(=O)OCC)CCN2C(C2=NC=CC2CC)=NC1.Fc1cccc(Br)c1. The van der Waals surface area contributed by atoms with Gasteiger partial charge in [-0.1, -0.05) is 35.0 Å². The summed E-state index contributed by atoms with van der Waals surface area (Å²) >= 11 is 3.12. The number of nitrogens with zero attached hydrogens (tertiary/aromatic N) is 4. The van der Waals surface area contributed by atoms with Crippen LogP contribution in [0.2, 0.25) is 0 Å². The molecular formula is C25H30BrFN4O4. The molecule has 3 heterocycles. The smallest absolute Gasteiger partial charge is 0.410 e. The van der Waals surface area contributed by atoms with Gasteiger partial charge in [0.25, 0.3) is 0 Å². The molecule has 0 bridgehead atoms. The topological polar surface area (TPSA) is 83.8 Å². The van der Waals surface area contributed by atoms with Crippen molar-refractivity contribution in [2.75, 3.05) is 39.4 Å². The number of hydrogen-bond donors (Lipinski definition) is 0. The Morgan fingerprint density at radius 2 is 1.94 bits per heavy atom. The summed E-state index contributed by atoms with van der Waals surface area (Å²) < 4.78 is 23.3. The van der Waals surface area contributed by atoms with Gasteiger partial charge in [0, 0.05) is 29.7 Å². The normalized spacial score (nSPS) is 18.8. The van der Waals surface area contributed by atoms with E-state index in [9.17, 15) is 14.0 Å². The summed E-state index contributed by atoms with van der Waals surface area (Å²) in [5.74, 6) is 0.416. The Bertz CT molecular complexity index is 1050. The van der Waals surface area contributed by atoms with E-state index >= 15 is 0 Å². The summed E-state index contributed by atoms with van der Waals surface area (Å²) in [6, 6.07) is 6.26. The van der Waals surface area contributed by atoms with Crippen molar-refractivity contribution in [3.05, 3.63) is 58.1 Å². The van der Waals surface area contributed by atoms with E-state index in [2.05, 4.69) is 38.9 Å². The maximum Gasteiger partial charge on any atom is 0.410 e. The van der Waals surface area contributed by atoms with Crippen LogP contribution in [0.25, 0.3) is 0 Å². The van der Waals surface area contributed by atoms with E-state index < -0.39 is 0 Å². The van der Waals surface area contributed by atoms with Crippen molar-refractivity contribution >= 4 is 39.5 Å². The minimum Gasteiger partial charge on any atom is -0.463 e. The zero-order valence-electron chi connectivity index (χ0n) is 20.2. The van der Waals surface area contributed by atoms with Crippen molar-refractivity contribution in [1.29, 1.82) is 0 Å². The van der Waals surface area contributed by atoms with Gasteiger partial charge in [-0.15, -0.1) is 0 Å². The van der Waals surface area contributed by atoms with Crippen LogP contribution in [0.15, 0.2) is 62.3 Å². The lowest BCUT2D eigenvalue weighted by molar-refractivity contribution is -0.138. The molecule has 0 N–H and O–H groups in total. The predicted molar refractivity (Wildman–Crippen MR) is 136 cm³/mol. The quantitative estimate of drug-likeness (QED) is 0.503. The highest BCUT2D eigenvalue weighted by Gasteiger charge is 2.37. The highest BCUT2D eigenvalue weighted by Crippen LogP contribution is 2.27. The van der Waals surface area contributed by atoms with Crippen LogP contribution in [-0.4, -0.2) is 72.8 Å². The zero-order valence-corrected chi connectivity index (χ0v) is 21.8. The molecule has 3 aliphatic heterocycles. The molecule has 0 aromatic heterocycles. The molecule has 0 radical (unpaired) electrons. The molecule has 1 atom stereocenters. The van der Waals surface area contributed by atoms with E-state index in [-0.39, 0.29) is 30.3 Å². The average Bonchev–Trinajstić information content (AvgIpc) is 3.32. The number of aliphatic imine (C=N–C) groups is 2. The lowest BCUT2D eigenvalue weighted by Gasteiger charge is -2.41. The number of carbonyl (C=O) groups excluding carboxylic acids is 2. The number of rotatable bonds is 5. The predicted octanol–water partition coefficient (Wildman–Crippen LogP) is 4.57. The zero-order chi connectivity index (χ0) is 25.4. The van der Waals surface area contributed by atoms with Crippen LogP contribution in [0.1, 0.15) is 27.2 Å². The van der Waals surface area contributed by atoms with Crippen LogP contribution < -0.4 is 0 Å². The Labute approximate surface area is 213 Å². The number of amidine groups is 1. The van der Waals surface area contributed by atoms with Crippen molar-refractivity contribution in [2.24, 2.45) is 15.9 Å². The van der Waals surface area contributed by atoms with Crippen LogP contribution in [0.5, 0.6) is 0 Å². The van der Waals surface area contributed by atoms with Gasteiger partial charge in [0.1, 0.15) is 5.82 Å². The minimum absolute atomic E-state index is 0.209. The average molecular weight is 549 g/mol. The first kappa shape index (κ1) is 26.6. The fourth-order valence-corrected chi connectivity index (χ4v) is 4.31. The van der Waals surface area contributed by atoms with Gasteiger partial charge < -0.3 is 19.3 Å². The van der Waals surface area contributed by atoms with Crippen molar-refractivity contribution < 1.29 is 23.5 Å². The van der Waals surface area contributed by atoms with Gasteiger partial charge >= 0.3 is 12.1 Å². The minimum atomic E-state index is -0.385. The van der Waals surface area contributed by atoms with Crippen LogP contribution in [0, 0.1) is 11.7 Å². The molecule has 8 nitrogen and oxygen atoms in total. The Morgan fingerprint density at radius 3 is 2.57 bits per heavy atom. The second kappa shape index (κ2) is 12.6. The molecule has 35 heavy (non-hydrogen) atoms. The largest absolute Gasteiger partial charge is 0.463 e. The van der Waals surface area contributed by atoms with Crippen LogP contribution in [0.4, 0.5) is 9.18 Å². The van der Waals surface area contributed by atoms with E-state index in [4.69, 9.17) is 9.47 Å². The van der Waals surface area contributed by atoms with Crippen molar-refractivity contribution in [2.45, 2.75) is 27.2 Å². The summed E-state index contributed by atoms with van der Waals surface area (Å²) in [7, 11) is 0. The molecule has 1 unspecified atom stereocenters. The van der Waals surface area contributed by atoms with E-state index in [1.807, 2.05) is 11.1 Å². The number of carbonyl (C=O) groups is 2. The van der Waals surface area contributed by atoms with Gasteiger partial charge in [0.2, 0.25) is 0 Å². The Morgan fingerprint density at radius 1 is 1.17 bits per heavy atom. The van der Waals surface area contributed by atoms with E-state index in [1.54, 1.807) is 30.9 Å². The van der Waals surface area contributed by atoms with Crippen LogP contribution in [-0.2, 0) is 14.3 Å². The lowest BCUT2D eigenvalue weighted by Crippen LogP contribution is -2.53. The van der Waals surface area contributed by atoms with Crippen LogP contribution in [0.3, 0.4) is 0 Å². The molecule has 0 spiro atoms. The summed E-state index contributed by atoms with van der Waals surface area (Å²) in [5, 5.41) is 0. The summed E-state index contributed by atoms with van der Waals surface area (Å²) in [5.41, 5.74) is 2.17. The van der Waals surface area contributed by atoms with Crippen molar-refractivity contribution in [3.63, 3.8) is 0 Å². The standard InChI is InChI=1S/C19H26N4O4.C6H4BrF/c1-4-13-7-8-20-16(13)17-21-11-14(18(24)26-5-2)15-12-22(9-10-23(15)17)19(25)27-6-3;7-5-2-1-3-6(8)4-5/h7-8,13H,4-6,9-12H2,1-3H3;1-4H. The van der Waals surface area contributed by atoms with Gasteiger partial charge in [0.05, 0.1) is 43.3 Å². The first-order valence-corrected chi connectivity index (χ1v) is 12.5. The van der Waals surface area contributed by atoms with Gasteiger partial charge in [-0.25, -0.2) is 14.0 Å². The fraction of sp³-hybridized carbons (Fsp3) is 0.440. The van der Waals surface area contributed by atoms with Crippen molar-refractivity contribution in [3.8, 4) is 0 Å². The maximum atomic E-state index is 12.5. The number of benzene rings is 1. The van der Waals surface area contributed by atoms with E-state index in [0.717, 1.165) is 28.1 Å².